The van der Waals surface area contributed by atoms with E-state index in [1.165, 1.54) is 12.1 Å². The van der Waals surface area contributed by atoms with Crippen LogP contribution in [0.15, 0.2) is 42.5 Å². The third-order valence-corrected chi connectivity index (χ3v) is 2.95. The van der Waals surface area contributed by atoms with Gasteiger partial charge in [0.25, 0.3) is 0 Å². The Morgan fingerprint density at radius 2 is 2.00 bits per heavy atom. The van der Waals surface area contributed by atoms with E-state index in [1.807, 2.05) is 12.1 Å². The lowest BCUT2D eigenvalue weighted by Crippen LogP contribution is -2.05. The van der Waals surface area contributed by atoms with E-state index in [0.29, 0.717) is 17.2 Å². The molecule has 0 bridgehead atoms. The lowest BCUT2D eigenvalue weighted by atomic mass is 10.1. The molecule has 2 aromatic rings. The van der Waals surface area contributed by atoms with Crippen LogP contribution in [0.2, 0.25) is 5.02 Å². The normalized spacial score (nSPS) is 10.5. The summed E-state index contributed by atoms with van der Waals surface area (Å²) in [6.45, 7) is 0.394. The molecule has 5 heteroatoms. The molecule has 0 heterocycles. The van der Waals surface area contributed by atoms with Crippen LogP contribution < -0.4 is 0 Å². The molecule has 0 fully saturated rings. The molecule has 0 aliphatic carbocycles. The van der Waals surface area contributed by atoms with Crippen molar-refractivity contribution in [2.24, 2.45) is 0 Å². The lowest BCUT2D eigenvalue weighted by Gasteiger charge is -2.08. The second-order valence-corrected chi connectivity index (χ2v) is 4.67. The van der Waals surface area contributed by atoms with Crippen LogP contribution in [0.4, 0.5) is 4.39 Å². The Bertz CT molecular complexity index is 628. The molecule has 0 aliphatic heterocycles. The van der Waals surface area contributed by atoms with Gasteiger partial charge in [-0.2, -0.15) is 0 Å². The van der Waals surface area contributed by atoms with Crippen LogP contribution in [-0.4, -0.2) is 11.1 Å². The number of rotatable bonds is 5. The van der Waals surface area contributed by atoms with Crippen LogP contribution in [0.5, 0.6) is 0 Å². The number of benzene rings is 2. The van der Waals surface area contributed by atoms with Gasteiger partial charge in [-0.05, 0) is 35.4 Å². The first kappa shape index (κ1) is 14.5. The first-order chi connectivity index (χ1) is 9.56. The number of ether oxygens (including phenoxy) is 1. The molecule has 0 aromatic heterocycles. The van der Waals surface area contributed by atoms with Crippen molar-refractivity contribution >= 4 is 17.6 Å². The summed E-state index contributed by atoms with van der Waals surface area (Å²) in [7, 11) is 0. The summed E-state index contributed by atoms with van der Waals surface area (Å²) in [5.74, 6) is -1.76. The Hall–Kier alpha value is -1.91. The van der Waals surface area contributed by atoms with Crippen molar-refractivity contribution in [3.63, 3.8) is 0 Å². The highest BCUT2D eigenvalue weighted by Gasteiger charge is 2.11. The van der Waals surface area contributed by atoms with E-state index < -0.39 is 11.8 Å². The van der Waals surface area contributed by atoms with Crippen molar-refractivity contribution in [1.82, 2.24) is 0 Å². The van der Waals surface area contributed by atoms with Crippen LogP contribution in [0, 0.1) is 5.82 Å². The molecule has 0 amide bonds. The van der Waals surface area contributed by atoms with Crippen LogP contribution in [0.3, 0.4) is 0 Å². The number of hydrogen-bond acceptors (Lipinski definition) is 2. The highest BCUT2D eigenvalue weighted by molar-refractivity contribution is 6.30. The van der Waals surface area contributed by atoms with Crippen molar-refractivity contribution in [3.05, 3.63) is 70.0 Å². The average Bonchev–Trinajstić information content (AvgIpc) is 2.40. The molecule has 0 unspecified atom stereocenters. The summed E-state index contributed by atoms with van der Waals surface area (Å²) < 4.78 is 18.5. The highest BCUT2D eigenvalue weighted by Crippen LogP contribution is 2.15. The monoisotopic (exact) mass is 294 g/mol. The van der Waals surface area contributed by atoms with Crippen molar-refractivity contribution in [2.45, 2.75) is 13.2 Å². The highest BCUT2D eigenvalue weighted by atomic mass is 35.5. The molecule has 0 saturated carbocycles. The fourth-order valence-electron chi connectivity index (χ4n) is 1.78. The van der Waals surface area contributed by atoms with Gasteiger partial charge in [-0.25, -0.2) is 9.18 Å². The zero-order chi connectivity index (χ0) is 14.5. The predicted molar refractivity (Wildman–Crippen MR) is 73.3 cm³/mol. The van der Waals surface area contributed by atoms with Crippen molar-refractivity contribution < 1.29 is 19.0 Å². The molecule has 3 nitrogen and oxygen atoms in total. The van der Waals surface area contributed by atoms with E-state index in [-0.39, 0.29) is 12.2 Å². The number of carboxylic acids is 1. The van der Waals surface area contributed by atoms with E-state index in [1.54, 1.807) is 12.1 Å². The van der Waals surface area contributed by atoms with Gasteiger partial charge in [0.2, 0.25) is 0 Å². The zero-order valence-corrected chi connectivity index (χ0v) is 11.2. The minimum atomic E-state index is -1.18. The standard InChI is InChI=1S/C15H12ClFO3/c16-12-3-1-2-10(6-12)8-20-9-11-4-5-13(17)7-14(11)15(18)19/h1-7H,8-9H2,(H,18,19). The van der Waals surface area contributed by atoms with Crippen molar-refractivity contribution in [2.75, 3.05) is 0 Å². The number of hydrogen-bond donors (Lipinski definition) is 1. The summed E-state index contributed by atoms with van der Waals surface area (Å²) in [6.07, 6.45) is 0. The second-order valence-electron chi connectivity index (χ2n) is 4.23. The Labute approximate surface area is 120 Å². The van der Waals surface area contributed by atoms with Gasteiger partial charge in [0.05, 0.1) is 18.8 Å². The Morgan fingerprint density at radius 3 is 2.70 bits per heavy atom. The summed E-state index contributed by atoms with van der Waals surface area (Å²) in [6, 6.07) is 10.8. The fraction of sp³-hybridized carbons (Fsp3) is 0.133. The number of halogens is 2. The summed E-state index contributed by atoms with van der Waals surface area (Å²) in [5.41, 5.74) is 1.23. The lowest BCUT2D eigenvalue weighted by molar-refractivity contribution is 0.0683. The molecule has 20 heavy (non-hydrogen) atoms. The molecule has 0 spiro atoms. The molecule has 0 atom stereocenters. The Morgan fingerprint density at radius 1 is 1.20 bits per heavy atom. The first-order valence-corrected chi connectivity index (χ1v) is 6.28. The van der Waals surface area contributed by atoms with Gasteiger partial charge in [-0.15, -0.1) is 0 Å². The van der Waals surface area contributed by atoms with Crippen LogP contribution in [0.25, 0.3) is 0 Å². The molecule has 0 aliphatic rings. The third-order valence-electron chi connectivity index (χ3n) is 2.72. The van der Waals surface area contributed by atoms with Gasteiger partial charge >= 0.3 is 5.97 Å². The predicted octanol–water partition coefficient (Wildman–Crippen LogP) is 3.89. The van der Waals surface area contributed by atoms with Crippen molar-refractivity contribution in [1.29, 1.82) is 0 Å². The van der Waals surface area contributed by atoms with Crippen LogP contribution in [-0.2, 0) is 18.0 Å². The van der Waals surface area contributed by atoms with E-state index >= 15 is 0 Å². The molecule has 1 N–H and O–H groups in total. The Balaban J connectivity index is 2.02. The topological polar surface area (TPSA) is 46.5 Å². The van der Waals surface area contributed by atoms with Crippen LogP contribution >= 0.6 is 11.6 Å². The van der Waals surface area contributed by atoms with Crippen LogP contribution in [0.1, 0.15) is 21.5 Å². The van der Waals surface area contributed by atoms with Gasteiger partial charge in [-0.1, -0.05) is 29.8 Å². The zero-order valence-electron chi connectivity index (χ0n) is 10.5. The van der Waals surface area contributed by atoms with E-state index in [4.69, 9.17) is 21.4 Å². The van der Waals surface area contributed by atoms with Gasteiger partial charge in [0.15, 0.2) is 0 Å². The van der Waals surface area contributed by atoms with Gasteiger partial charge < -0.3 is 9.84 Å². The van der Waals surface area contributed by atoms with Gasteiger partial charge in [0, 0.05) is 5.02 Å². The number of aromatic carboxylic acids is 1. The molecule has 0 radical (unpaired) electrons. The van der Waals surface area contributed by atoms with E-state index in [2.05, 4.69) is 0 Å². The van der Waals surface area contributed by atoms with Gasteiger partial charge in [-0.3, -0.25) is 0 Å². The number of carbonyl (C=O) groups is 1. The summed E-state index contributed by atoms with van der Waals surface area (Å²) in [5, 5.41) is 9.61. The SMILES string of the molecule is O=C(O)c1cc(F)ccc1COCc1cccc(Cl)c1. The fourth-order valence-corrected chi connectivity index (χ4v) is 1.99. The molecule has 2 rings (SSSR count). The minimum Gasteiger partial charge on any atom is -0.478 e. The van der Waals surface area contributed by atoms with E-state index in [9.17, 15) is 9.18 Å². The second kappa shape index (κ2) is 6.50. The molecule has 2 aromatic carbocycles. The maximum atomic E-state index is 13.0. The largest absolute Gasteiger partial charge is 0.478 e. The third kappa shape index (κ3) is 3.79. The maximum Gasteiger partial charge on any atom is 0.336 e. The summed E-state index contributed by atoms with van der Waals surface area (Å²) >= 11 is 5.85. The Kier molecular flexibility index (Phi) is 4.71. The molecular formula is C15H12ClFO3. The quantitative estimate of drug-likeness (QED) is 0.910. The van der Waals surface area contributed by atoms with Crippen molar-refractivity contribution in [3.8, 4) is 0 Å². The first-order valence-electron chi connectivity index (χ1n) is 5.90. The van der Waals surface area contributed by atoms with E-state index in [0.717, 1.165) is 11.6 Å². The van der Waals surface area contributed by atoms with Gasteiger partial charge in [0.1, 0.15) is 5.82 Å². The molecule has 0 saturated heterocycles. The summed E-state index contributed by atoms with van der Waals surface area (Å²) in [4.78, 5) is 11.0. The minimum absolute atomic E-state index is 0.0869. The molecule has 104 valence electrons. The number of carboxylic acid groups (broad SMARTS) is 1. The maximum absolute atomic E-state index is 13.0. The molecular weight excluding hydrogens is 283 g/mol. The smallest absolute Gasteiger partial charge is 0.336 e. The average molecular weight is 295 g/mol.